The molecule has 0 spiro atoms. The third kappa shape index (κ3) is 4.52. The van der Waals surface area contributed by atoms with Gasteiger partial charge in [-0.1, -0.05) is 36.4 Å². The van der Waals surface area contributed by atoms with Gasteiger partial charge in [0.05, 0.1) is 10.6 Å². The van der Waals surface area contributed by atoms with E-state index in [0.29, 0.717) is 12.3 Å². The molecule has 0 amide bonds. The smallest absolute Gasteiger partial charge is 0.272 e. The van der Waals surface area contributed by atoms with Gasteiger partial charge in [0, 0.05) is 23.4 Å². The molecule has 0 radical (unpaired) electrons. The van der Waals surface area contributed by atoms with Gasteiger partial charge >= 0.3 is 0 Å². The van der Waals surface area contributed by atoms with E-state index in [1.165, 1.54) is 35.7 Å². The van der Waals surface area contributed by atoms with Gasteiger partial charge in [0.25, 0.3) is 10.0 Å². The molecule has 1 aromatic heterocycles. The first-order chi connectivity index (χ1) is 16.8. The van der Waals surface area contributed by atoms with Crippen molar-refractivity contribution in [1.29, 1.82) is 0 Å². The van der Waals surface area contributed by atoms with Gasteiger partial charge in [0.1, 0.15) is 10.7 Å². The molecule has 0 bridgehead atoms. The Hall–Kier alpha value is -3.34. The molecule has 0 saturated carbocycles. The van der Waals surface area contributed by atoms with Gasteiger partial charge in [0.15, 0.2) is 4.21 Å². The third-order valence-electron chi connectivity index (χ3n) is 5.57. The first-order valence-electron chi connectivity index (χ1n) is 10.6. The summed E-state index contributed by atoms with van der Waals surface area (Å²) in [4.78, 5) is 4.29. The van der Waals surface area contributed by atoms with Gasteiger partial charge in [-0.05, 0) is 59.8 Å². The summed E-state index contributed by atoms with van der Waals surface area (Å²) in [6.07, 6.45) is 0.728. The second-order valence-corrected chi connectivity index (χ2v) is 12.6. The summed E-state index contributed by atoms with van der Waals surface area (Å²) in [6.45, 7) is 0.583. The van der Waals surface area contributed by atoms with E-state index >= 15 is 0 Å². The highest BCUT2D eigenvalue weighted by Gasteiger charge is 2.29. The average molecular weight is 527 g/mol. The van der Waals surface area contributed by atoms with E-state index < -0.39 is 19.9 Å². The molecule has 178 valence electrons. The molecule has 3 aromatic carbocycles. The Bertz CT molecular complexity index is 1640. The van der Waals surface area contributed by atoms with Crippen molar-refractivity contribution < 1.29 is 21.2 Å². The fraction of sp³-hybridized carbons (Fsp3) is 0.0800. The number of rotatable bonds is 6. The van der Waals surface area contributed by atoms with Crippen LogP contribution in [0.25, 0.3) is 0 Å². The number of thiophene rings is 1. The predicted molar refractivity (Wildman–Crippen MR) is 134 cm³/mol. The van der Waals surface area contributed by atoms with Crippen LogP contribution in [0.3, 0.4) is 0 Å². The highest BCUT2D eigenvalue weighted by Crippen LogP contribution is 2.33. The van der Waals surface area contributed by atoms with E-state index in [2.05, 4.69) is 9.71 Å². The number of hydrogen-bond acceptors (Lipinski definition) is 6. The third-order valence-corrected chi connectivity index (χ3v) is 10.5. The molecule has 2 heterocycles. The van der Waals surface area contributed by atoms with Crippen LogP contribution in [0.1, 0.15) is 16.7 Å². The second-order valence-electron chi connectivity index (χ2n) is 7.85. The van der Waals surface area contributed by atoms with Gasteiger partial charge in [-0.3, -0.25) is 9.71 Å². The topological polar surface area (TPSA) is 92.7 Å². The normalized spacial score (nSPS) is 13.7. The molecule has 0 fully saturated rings. The monoisotopic (exact) mass is 526 g/mol. The zero-order chi connectivity index (χ0) is 24.6. The van der Waals surface area contributed by atoms with Crippen LogP contribution in [0.4, 0.5) is 10.1 Å². The Morgan fingerprint density at radius 3 is 2.37 bits per heavy atom. The Morgan fingerprint density at radius 1 is 0.886 bits per heavy atom. The van der Waals surface area contributed by atoms with Crippen LogP contribution in [0.15, 0.2) is 103 Å². The molecular formula is C25H19FN2O4S3. The Kier molecular flexibility index (Phi) is 6.04. The van der Waals surface area contributed by atoms with Crippen LogP contribution >= 0.6 is 11.3 Å². The van der Waals surface area contributed by atoms with Crippen LogP contribution < -0.4 is 4.72 Å². The summed E-state index contributed by atoms with van der Waals surface area (Å²) in [6, 6.07) is 20.2. The lowest BCUT2D eigenvalue weighted by atomic mass is 9.93. The maximum absolute atomic E-state index is 13.8. The maximum atomic E-state index is 13.8. The predicted octanol–water partition coefficient (Wildman–Crippen LogP) is 4.91. The summed E-state index contributed by atoms with van der Waals surface area (Å²) in [5.41, 5.74) is 3.36. The van der Waals surface area contributed by atoms with Gasteiger partial charge in [-0.15, -0.1) is 11.3 Å². The first-order valence-corrected chi connectivity index (χ1v) is 14.4. The Labute approximate surface area is 206 Å². The quantitative estimate of drug-likeness (QED) is 0.386. The zero-order valence-electron chi connectivity index (χ0n) is 18.2. The van der Waals surface area contributed by atoms with Gasteiger partial charge in [-0.25, -0.2) is 21.2 Å². The largest absolute Gasteiger partial charge is 0.284 e. The number of aliphatic imine (C=N–C) groups is 1. The molecule has 6 nitrogen and oxygen atoms in total. The van der Waals surface area contributed by atoms with Crippen molar-refractivity contribution in [3.63, 3.8) is 0 Å². The fourth-order valence-corrected chi connectivity index (χ4v) is 8.55. The lowest BCUT2D eigenvalue weighted by molar-refractivity contribution is 0.587. The number of nitrogens with one attached hydrogen (secondary N) is 1. The number of sulfone groups is 1. The Balaban J connectivity index is 1.43. The van der Waals surface area contributed by atoms with Crippen molar-refractivity contribution in [1.82, 2.24) is 0 Å². The molecule has 0 unspecified atom stereocenters. The van der Waals surface area contributed by atoms with Gasteiger partial charge < -0.3 is 0 Å². The minimum absolute atomic E-state index is 0.0178. The van der Waals surface area contributed by atoms with E-state index in [-0.39, 0.29) is 25.5 Å². The molecule has 0 aliphatic carbocycles. The van der Waals surface area contributed by atoms with E-state index in [1.54, 1.807) is 48.5 Å². The number of hydrogen-bond donors (Lipinski definition) is 1. The van der Waals surface area contributed by atoms with Crippen LogP contribution in [0.2, 0.25) is 0 Å². The van der Waals surface area contributed by atoms with Crippen molar-refractivity contribution in [3.05, 3.63) is 107 Å². The first kappa shape index (κ1) is 23.4. The molecule has 1 N–H and O–H groups in total. The summed E-state index contributed by atoms with van der Waals surface area (Å²) in [5.74, 6) is -0.347. The molecule has 0 atom stereocenters. The number of benzene rings is 3. The molecule has 5 rings (SSSR count). The maximum Gasteiger partial charge on any atom is 0.272 e. The van der Waals surface area contributed by atoms with Crippen molar-refractivity contribution in [2.75, 3.05) is 11.3 Å². The van der Waals surface area contributed by atoms with Crippen LogP contribution in [0.5, 0.6) is 0 Å². The molecule has 0 saturated heterocycles. The summed E-state index contributed by atoms with van der Waals surface area (Å²) in [5, 5.41) is 1.44. The molecule has 1 aliphatic heterocycles. The number of nitrogens with zero attached hydrogens (tertiary/aromatic N) is 1. The molecule has 4 aromatic rings. The van der Waals surface area contributed by atoms with E-state index in [1.807, 2.05) is 0 Å². The average Bonchev–Trinajstić information content (AvgIpc) is 3.37. The standard InChI is InChI=1S/C25H19FN2O4S3/c26-19-9-6-17-12-14-27-24(22(17)16-19)18-7-10-20(11-8-18)28-35(31,32)25-23(13-15-33-25)34(29,30)21-4-2-1-3-5-21/h1-11,13,15-16,28H,12,14H2. The van der Waals surface area contributed by atoms with Gasteiger partial charge in [-0.2, -0.15) is 0 Å². The minimum atomic E-state index is -4.17. The highest BCUT2D eigenvalue weighted by molar-refractivity contribution is 7.96. The summed E-state index contributed by atoms with van der Waals surface area (Å²) >= 11 is 0.833. The number of sulfonamides is 1. The van der Waals surface area contributed by atoms with Gasteiger partial charge in [0.2, 0.25) is 9.84 Å². The van der Waals surface area contributed by atoms with Crippen LogP contribution in [-0.2, 0) is 26.3 Å². The lowest BCUT2D eigenvalue weighted by Crippen LogP contribution is -2.16. The SMILES string of the molecule is O=S(=O)(Nc1ccc(C2=NCCc3ccc(F)cc32)cc1)c1sccc1S(=O)(=O)c1ccccc1. The highest BCUT2D eigenvalue weighted by atomic mass is 32.2. The van der Waals surface area contributed by atoms with Crippen LogP contribution in [-0.4, -0.2) is 29.1 Å². The summed E-state index contributed by atoms with van der Waals surface area (Å²) < 4.78 is 68.3. The lowest BCUT2D eigenvalue weighted by Gasteiger charge is -2.17. The van der Waals surface area contributed by atoms with E-state index in [0.717, 1.165) is 34.4 Å². The fourth-order valence-electron chi connectivity index (χ4n) is 3.91. The van der Waals surface area contributed by atoms with E-state index in [4.69, 9.17) is 0 Å². The minimum Gasteiger partial charge on any atom is -0.284 e. The zero-order valence-corrected chi connectivity index (χ0v) is 20.6. The molecule has 35 heavy (non-hydrogen) atoms. The van der Waals surface area contributed by atoms with E-state index in [9.17, 15) is 21.2 Å². The number of anilines is 1. The van der Waals surface area contributed by atoms with Crippen molar-refractivity contribution in [2.24, 2.45) is 4.99 Å². The summed E-state index contributed by atoms with van der Waals surface area (Å²) in [7, 11) is -8.18. The van der Waals surface area contributed by atoms with Crippen molar-refractivity contribution in [3.8, 4) is 0 Å². The number of halogens is 1. The molecule has 10 heteroatoms. The molecular weight excluding hydrogens is 507 g/mol. The number of fused-ring (bicyclic) bond motifs is 1. The Morgan fingerprint density at radius 2 is 1.63 bits per heavy atom. The van der Waals surface area contributed by atoms with Crippen molar-refractivity contribution in [2.45, 2.75) is 20.4 Å². The molecule has 1 aliphatic rings. The van der Waals surface area contributed by atoms with Crippen LogP contribution in [0, 0.1) is 5.82 Å². The second kappa shape index (κ2) is 9.03. The van der Waals surface area contributed by atoms with Crippen molar-refractivity contribution >= 4 is 42.6 Å².